The normalized spacial score (nSPS) is 23.6. The van der Waals surface area contributed by atoms with Crippen molar-refractivity contribution < 1.29 is 4.74 Å². The summed E-state index contributed by atoms with van der Waals surface area (Å²) < 4.78 is 5.82. The number of allylic oxidation sites excluding steroid dienone is 2. The van der Waals surface area contributed by atoms with Crippen molar-refractivity contribution in [1.29, 1.82) is 15.8 Å². The minimum atomic E-state index is -1.63. The van der Waals surface area contributed by atoms with Gasteiger partial charge >= 0.3 is 0 Å². The van der Waals surface area contributed by atoms with E-state index < -0.39 is 11.3 Å². The fourth-order valence-corrected chi connectivity index (χ4v) is 4.37. The first-order valence-electron chi connectivity index (χ1n) is 9.45. The highest BCUT2D eigenvalue weighted by atomic mass is 16.5. The average Bonchev–Trinajstić information content (AvgIpc) is 2.73. The number of fused-ring (bicyclic) bond motifs is 1. The van der Waals surface area contributed by atoms with Gasteiger partial charge in [0, 0.05) is 30.5 Å². The van der Waals surface area contributed by atoms with E-state index >= 15 is 0 Å². The van der Waals surface area contributed by atoms with E-state index in [-0.39, 0.29) is 17.2 Å². The highest BCUT2D eigenvalue weighted by molar-refractivity contribution is 5.60. The number of nitriles is 3. The second-order valence-electron chi connectivity index (χ2n) is 7.00. The summed E-state index contributed by atoms with van der Waals surface area (Å²) in [5.74, 6) is -0.0782. The first kappa shape index (κ1) is 19.5. The molecule has 1 aromatic rings. The summed E-state index contributed by atoms with van der Waals surface area (Å²) in [4.78, 5) is 2.24. The Balaban J connectivity index is 2.33. The van der Waals surface area contributed by atoms with Crippen molar-refractivity contribution in [3.8, 4) is 24.0 Å². The fourth-order valence-electron chi connectivity index (χ4n) is 4.37. The lowest BCUT2D eigenvalue weighted by Gasteiger charge is -2.45. The van der Waals surface area contributed by atoms with Gasteiger partial charge in [0.1, 0.15) is 11.8 Å². The minimum absolute atomic E-state index is 0.0451. The number of para-hydroxylation sites is 1. The predicted molar refractivity (Wildman–Crippen MR) is 105 cm³/mol. The van der Waals surface area contributed by atoms with Gasteiger partial charge in [-0.15, -0.1) is 0 Å². The molecule has 0 fully saturated rings. The molecule has 0 unspecified atom stereocenters. The summed E-state index contributed by atoms with van der Waals surface area (Å²) in [6, 6.07) is 14.0. The number of hydrogen-bond acceptors (Lipinski definition) is 6. The molecule has 0 aromatic heterocycles. The number of hydrogen-bond donors (Lipinski definition) is 1. The summed E-state index contributed by atoms with van der Waals surface area (Å²) >= 11 is 0. The number of benzene rings is 1. The Morgan fingerprint density at radius 3 is 2.54 bits per heavy atom. The van der Waals surface area contributed by atoms with Crippen LogP contribution in [-0.2, 0) is 0 Å². The van der Waals surface area contributed by atoms with Crippen LogP contribution in [0.3, 0.4) is 0 Å². The molecule has 142 valence electrons. The van der Waals surface area contributed by atoms with Gasteiger partial charge in [-0.25, -0.2) is 0 Å². The maximum Gasteiger partial charge on any atom is 0.191 e. The van der Waals surface area contributed by atoms with E-state index in [4.69, 9.17) is 10.5 Å². The van der Waals surface area contributed by atoms with Crippen LogP contribution in [-0.4, -0.2) is 31.1 Å². The van der Waals surface area contributed by atoms with Crippen LogP contribution in [0.25, 0.3) is 0 Å². The predicted octanol–water partition coefficient (Wildman–Crippen LogP) is 2.83. The molecule has 6 nitrogen and oxygen atoms in total. The molecule has 1 aliphatic carbocycles. The van der Waals surface area contributed by atoms with Gasteiger partial charge in [0.2, 0.25) is 0 Å². The molecule has 0 spiro atoms. The Kier molecular flexibility index (Phi) is 5.41. The Morgan fingerprint density at radius 1 is 1.21 bits per heavy atom. The molecule has 0 bridgehead atoms. The van der Waals surface area contributed by atoms with E-state index in [1.807, 2.05) is 37.3 Å². The van der Waals surface area contributed by atoms with Gasteiger partial charge in [-0.3, -0.25) is 4.90 Å². The van der Waals surface area contributed by atoms with Gasteiger partial charge in [-0.05, 0) is 25.1 Å². The van der Waals surface area contributed by atoms with Crippen LogP contribution in [0.4, 0.5) is 0 Å². The summed E-state index contributed by atoms with van der Waals surface area (Å²) in [6.45, 7) is 6.64. The van der Waals surface area contributed by atoms with E-state index in [1.165, 1.54) is 0 Å². The minimum Gasteiger partial charge on any atom is -0.494 e. The quantitative estimate of drug-likeness (QED) is 0.869. The zero-order chi connectivity index (χ0) is 20.3. The summed E-state index contributed by atoms with van der Waals surface area (Å²) in [7, 11) is 0. The molecule has 0 radical (unpaired) electrons. The second-order valence-corrected chi connectivity index (χ2v) is 7.00. The standard InChI is InChI=1S/C22H23N5O/c1-3-27-10-9-15-17(11-23)21(26)22(13-24,14-25)20(18(15)12-27)16-7-5-6-8-19(16)28-4-2/h5-9,18,20H,3-4,10,12,26H2,1-2H3/t18-,20+/m0/s1. The second kappa shape index (κ2) is 7.77. The van der Waals surface area contributed by atoms with E-state index in [9.17, 15) is 15.8 Å². The molecule has 0 amide bonds. The van der Waals surface area contributed by atoms with Gasteiger partial charge in [-0.2, -0.15) is 15.8 Å². The van der Waals surface area contributed by atoms with Crippen molar-refractivity contribution in [2.24, 2.45) is 17.1 Å². The lowest BCUT2D eigenvalue weighted by atomic mass is 9.58. The third kappa shape index (κ3) is 2.82. The fraction of sp³-hybridized carbons (Fsp3) is 0.409. The molecule has 1 heterocycles. The van der Waals surface area contributed by atoms with Crippen LogP contribution in [0.5, 0.6) is 5.75 Å². The molecule has 6 heteroatoms. The van der Waals surface area contributed by atoms with E-state index in [1.54, 1.807) is 0 Å². The third-order valence-electron chi connectivity index (χ3n) is 5.74. The van der Waals surface area contributed by atoms with Gasteiger partial charge in [0.05, 0.1) is 30.0 Å². The van der Waals surface area contributed by atoms with Crippen LogP contribution in [0, 0.1) is 45.3 Å². The number of nitrogens with two attached hydrogens (primary N) is 1. The van der Waals surface area contributed by atoms with Crippen molar-refractivity contribution in [3.05, 3.63) is 52.7 Å². The van der Waals surface area contributed by atoms with Crippen LogP contribution in [0.2, 0.25) is 0 Å². The molecular formula is C22H23N5O. The number of likely N-dealkylation sites (N-methyl/N-ethyl adjacent to an activating group) is 1. The lowest BCUT2D eigenvalue weighted by Crippen LogP contribution is -2.48. The highest BCUT2D eigenvalue weighted by Gasteiger charge is 2.55. The summed E-state index contributed by atoms with van der Waals surface area (Å²) in [5.41, 5.74) is 6.64. The Hall–Kier alpha value is -3.27. The highest BCUT2D eigenvalue weighted by Crippen LogP contribution is 2.55. The van der Waals surface area contributed by atoms with Crippen molar-refractivity contribution >= 4 is 0 Å². The lowest BCUT2D eigenvalue weighted by molar-refractivity contribution is 0.211. The molecule has 28 heavy (non-hydrogen) atoms. The van der Waals surface area contributed by atoms with Crippen molar-refractivity contribution in [1.82, 2.24) is 4.90 Å². The van der Waals surface area contributed by atoms with Crippen LogP contribution < -0.4 is 10.5 Å². The SMILES string of the molecule is CCOc1ccccc1[C@@H]1[C@H]2CN(CC)CC=C2C(C#N)=C(N)C1(C#N)C#N. The van der Waals surface area contributed by atoms with Crippen LogP contribution >= 0.6 is 0 Å². The van der Waals surface area contributed by atoms with Gasteiger partial charge < -0.3 is 10.5 Å². The van der Waals surface area contributed by atoms with E-state index in [0.29, 0.717) is 25.4 Å². The molecule has 2 atom stereocenters. The maximum atomic E-state index is 10.1. The molecule has 2 N–H and O–H groups in total. The van der Waals surface area contributed by atoms with Crippen LogP contribution in [0.15, 0.2) is 47.2 Å². The van der Waals surface area contributed by atoms with E-state index in [2.05, 4.69) is 30.0 Å². The molecule has 1 aromatic carbocycles. The monoisotopic (exact) mass is 373 g/mol. The zero-order valence-electron chi connectivity index (χ0n) is 16.1. The van der Waals surface area contributed by atoms with Gasteiger partial charge in [-0.1, -0.05) is 31.2 Å². The maximum absolute atomic E-state index is 10.1. The molecule has 0 saturated carbocycles. The third-order valence-corrected chi connectivity index (χ3v) is 5.74. The van der Waals surface area contributed by atoms with E-state index in [0.717, 1.165) is 17.7 Å². The number of rotatable bonds is 4. The van der Waals surface area contributed by atoms with Crippen molar-refractivity contribution in [2.75, 3.05) is 26.2 Å². The van der Waals surface area contributed by atoms with Crippen molar-refractivity contribution in [3.63, 3.8) is 0 Å². The first-order valence-corrected chi connectivity index (χ1v) is 9.45. The largest absolute Gasteiger partial charge is 0.494 e. The molecule has 1 aliphatic heterocycles. The molecule has 0 saturated heterocycles. The summed E-state index contributed by atoms with van der Waals surface area (Å²) in [6.07, 6.45) is 2.01. The molecular weight excluding hydrogens is 350 g/mol. The number of ether oxygens (including phenoxy) is 1. The van der Waals surface area contributed by atoms with Gasteiger partial charge in [0.15, 0.2) is 5.41 Å². The molecule has 3 rings (SSSR count). The molecule has 2 aliphatic rings. The van der Waals surface area contributed by atoms with Crippen LogP contribution in [0.1, 0.15) is 25.3 Å². The summed E-state index contributed by atoms with van der Waals surface area (Å²) in [5, 5.41) is 30.0. The Bertz CT molecular complexity index is 942. The smallest absolute Gasteiger partial charge is 0.191 e. The van der Waals surface area contributed by atoms with Gasteiger partial charge in [0.25, 0.3) is 0 Å². The Morgan fingerprint density at radius 2 is 1.93 bits per heavy atom. The number of nitrogens with zero attached hydrogens (tertiary/aromatic N) is 4. The average molecular weight is 373 g/mol. The van der Waals surface area contributed by atoms with Crippen molar-refractivity contribution in [2.45, 2.75) is 19.8 Å². The first-order chi connectivity index (χ1) is 13.6. The Labute approximate surface area is 165 Å². The zero-order valence-corrected chi connectivity index (χ0v) is 16.1. The topological polar surface area (TPSA) is 110 Å².